The molecule has 0 bridgehead atoms. The largest absolute Gasteiger partial charge is 0.458 e. The summed E-state index contributed by atoms with van der Waals surface area (Å²) < 4.78 is 7.49. The molecule has 18 rings (SSSR count). The van der Waals surface area contributed by atoms with E-state index in [2.05, 4.69) is 385 Å². The Balaban J connectivity index is 0.945. The van der Waals surface area contributed by atoms with Crippen LogP contribution in [0.5, 0.6) is 11.5 Å². The molecule has 4 aliphatic rings. The first-order chi connectivity index (χ1) is 47.3. The van der Waals surface area contributed by atoms with Gasteiger partial charge in [-0.05, 0) is 164 Å². The highest BCUT2D eigenvalue weighted by atomic mass is 16.5. The lowest BCUT2D eigenvalue weighted by molar-refractivity contribution is 0.487. The fourth-order valence-electron chi connectivity index (χ4n) is 15.5. The Hall–Kier alpha value is -12.0. The van der Waals surface area contributed by atoms with Crippen molar-refractivity contribution in [3.05, 3.63) is 345 Å². The molecule has 0 radical (unpaired) electrons. The van der Waals surface area contributed by atoms with E-state index in [1.165, 1.54) is 27.4 Å². The van der Waals surface area contributed by atoms with Gasteiger partial charge in [-0.3, -0.25) is 0 Å². The highest BCUT2D eigenvalue weighted by Gasteiger charge is 2.49. The maximum Gasteiger partial charge on any atom is 0.256 e. The molecule has 4 heterocycles. The first-order valence-corrected chi connectivity index (χ1v) is 33.3. The second kappa shape index (κ2) is 22.9. The van der Waals surface area contributed by atoms with Crippen molar-refractivity contribution in [3.63, 3.8) is 0 Å². The van der Waals surface area contributed by atoms with Gasteiger partial charge in [0.2, 0.25) is 0 Å². The summed E-state index contributed by atoms with van der Waals surface area (Å²) in [6, 6.07) is 125. The van der Waals surface area contributed by atoms with Gasteiger partial charge in [0.25, 0.3) is 13.4 Å². The molecule has 14 aromatic rings. The third-order valence-electron chi connectivity index (χ3n) is 19.8. The van der Waals surface area contributed by atoms with Gasteiger partial charge in [0.15, 0.2) is 0 Å². The van der Waals surface area contributed by atoms with Crippen molar-refractivity contribution < 1.29 is 4.74 Å². The minimum absolute atomic E-state index is 0.00817. The SMILES string of the molecule is CC(C)(C)c1ccc(-c2ccccc2N(c2ccccc2)c2cc3c4c(c2)N(c2ccccc2-c2ccccc2)c2cc5c(cc2B4c2ccccc2O3)B2c3ccccc3N(c3ccccc3)c3cc(N(c4ccccc4)c4ccccc4)cc(c32)N5c2ccccc2)cc1. The number of fused-ring (bicyclic) bond motifs is 8. The van der Waals surface area contributed by atoms with Gasteiger partial charge in [0.1, 0.15) is 11.5 Å². The molecule has 0 aliphatic carbocycles. The van der Waals surface area contributed by atoms with E-state index < -0.39 is 0 Å². The molecular weight excluding hydrogens is 1160 g/mol. The molecule has 4 aliphatic heterocycles. The van der Waals surface area contributed by atoms with Gasteiger partial charge in [-0.25, -0.2) is 0 Å². The molecule has 0 saturated heterocycles. The summed E-state index contributed by atoms with van der Waals surface area (Å²) in [6.07, 6.45) is 0. The summed E-state index contributed by atoms with van der Waals surface area (Å²) in [5.74, 6) is 1.66. The van der Waals surface area contributed by atoms with E-state index in [0.29, 0.717) is 0 Å². The Morgan fingerprint density at radius 2 is 0.719 bits per heavy atom. The molecule has 0 saturated carbocycles. The maximum absolute atomic E-state index is 7.49. The second-order valence-corrected chi connectivity index (χ2v) is 26.4. The predicted molar refractivity (Wildman–Crippen MR) is 405 cm³/mol. The van der Waals surface area contributed by atoms with Gasteiger partial charge in [0.05, 0.1) is 22.7 Å². The molecule has 0 aromatic heterocycles. The highest BCUT2D eigenvalue weighted by Crippen LogP contribution is 2.53. The summed E-state index contributed by atoms with van der Waals surface area (Å²) in [5.41, 5.74) is 29.0. The van der Waals surface area contributed by atoms with Gasteiger partial charge in [0, 0.05) is 79.8 Å². The molecule has 0 unspecified atom stereocenters. The number of nitrogens with zero attached hydrogens (tertiary/aromatic N) is 5. The monoisotopic (exact) mass is 1230 g/mol. The summed E-state index contributed by atoms with van der Waals surface area (Å²) >= 11 is 0. The zero-order valence-corrected chi connectivity index (χ0v) is 53.6. The summed E-state index contributed by atoms with van der Waals surface area (Å²) in [5, 5.41) is 0. The molecule has 6 nitrogen and oxygen atoms in total. The number of hydrogen-bond acceptors (Lipinski definition) is 6. The first kappa shape index (κ1) is 56.7. The average Bonchev–Trinajstić information content (AvgIpc) is 0.687. The Morgan fingerprint density at radius 1 is 0.281 bits per heavy atom. The fourth-order valence-corrected chi connectivity index (χ4v) is 15.5. The minimum Gasteiger partial charge on any atom is -0.458 e. The van der Waals surface area contributed by atoms with Gasteiger partial charge in [-0.2, -0.15) is 0 Å². The quantitative estimate of drug-likeness (QED) is 0.120. The average molecular weight is 1230 g/mol. The molecule has 0 fully saturated rings. The number of rotatable bonds is 11. The number of benzene rings is 14. The third kappa shape index (κ3) is 9.34. The van der Waals surface area contributed by atoms with Crippen LogP contribution in [0.4, 0.5) is 85.3 Å². The minimum atomic E-state index is -0.230. The fraction of sp³-hybridized carbons (Fsp3) is 0.0455. The topological polar surface area (TPSA) is 25.4 Å². The van der Waals surface area contributed by atoms with Crippen molar-refractivity contribution in [2.45, 2.75) is 26.2 Å². The first-order valence-electron chi connectivity index (χ1n) is 33.3. The standard InChI is InChI=1S/C88H65B2N5O/c1-88(2,3)62-52-50-61(51-53-62)71-43-22-26-46-76(71)92(65-36-16-7-17-37-65)69-56-83-87-85(57-69)96-84-49-29-25-45-73(84)90(87)75-58-74-79(59-80(75)95(83)77-47-27-23-42-70(77)60-30-10-4-11-31-60)94(67-40-20-9-21-41-67)82-55-68(91(63-32-12-5-13-33-63)64-34-14-6-15-35-64)54-81-86(82)89(74)72-44-24-28-48-78(72)93(81)66-38-18-8-19-39-66/h4-59H,1-3H3. The van der Waals surface area contributed by atoms with E-state index in [9.17, 15) is 0 Å². The lowest BCUT2D eigenvalue weighted by Gasteiger charge is -2.47. The molecule has 0 amide bonds. The van der Waals surface area contributed by atoms with Crippen LogP contribution in [-0.2, 0) is 5.41 Å². The molecule has 0 spiro atoms. The molecule has 0 N–H and O–H groups in total. The zero-order valence-electron chi connectivity index (χ0n) is 53.6. The normalized spacial score (nSPS) is 12.9. The zero-order chi connectivity index (χ0) is 64.0. The van der Waals surface area contributed by atoms with Gasteiger partial charge < -0.3 is 29.2 Å². The molecule has 96 heavy (non-hydrogen) atoms. The Morgan fingerprint density at radius 3 is 1.32 bits per heavy atom. The van der Waals surface area contributed by atoms with Crippen molar-refractivity contribution in [3.8, 4) is 33.8 Å². The van der Waals surface area contributed by atoms with Crippen molar-refractivity contribution in [2.24, 2.45) is 0 Å². The number of hydrogen-bond donors (Lipinski definition) is 0. The highest BCUT2D eigenvalue weighted by molar-refractivity contribution is 7.02. The van der Waals surface area contributed by atoms with Gasteiger partial charge >= 0.3 is 0 Å². The third-order valence-corrected chi connectivity index (χ3v) is 19.8. The van der Waals surface area contributed by atoms with E-state index in [-0.39, 0.29) is 18.8 Å². The van der Waals surface area contributed by atoms with Crippen LogP contribution in [0.25, 0.3) is 22.3 Å². The predicted octanol–water partition coefficient (Wildman–Crippen LogP) is 19.7. The lowest BCUT2D eigenvalue weighted by atomic mass is 9.30. The summed E-state index contributed by atoms with van der Waals surface area (Å²) in [6.45, 7) is 6.42. The lowest BCUT2D eigenvalue weighted by Crippen LogP contribution is -2.64. The van der Waals surface area contributed by atoms with Gasteiger partial charge in [-0.15, -0.1) is 0 Å². The van der Waals surface area contributed by atoms with Crippen LogP contribution in [0.3, 0.4) is 0 Å². The van der Waals surface area contributed by atoms with Crippen LogP contribution in [-0.4, -0.2) is 13.4 Å². The van der Waals surface area contributed by atoms with Crippen molar-refractivity contribution in [2.75, 3.05) is 24.5 Å². The van der Waals surface area contributed by atoms with E-state index in [4.69, 9.17) is 4.74 Å². The summed E-state index contributed by atoms with van der Waals surface area (Å²) in [7, 11) is 0. The maximum atomic E-state index is 7.49. The van der Waals surface area contributed by atoms with E-state index in [0.717, 1.165) is 130 Å². The number of ether oxygens (including phenoxy) is 1. The second-order valence-electron chi connectivity index (χ2n) is 26.4. The Kier molecular flexibility index (Phi) is 13.6. The van der Waals surface area contributed by atoms with Crippen molar-refractivity contribution in [1.82, 2.24) is 0 Å². The van der Waals surface area contributed by atoms with Crippen LogP contribution < -0.4 is 62.0 Å². The van der Waals surface area contributed by atoms with Gasteiger partial charge in [-0.1, -0.05) is 245 Å². The van der Waals surface area contributed by atoms with Crippen LogP contribution in [0.1, 0.15) is 26.3 Å². The van der Waals surface area contributed by atoms with Crippen LogP contribution in [0.2, 0.25) is 0 Å². The Labute approximate surface area is 562 Å². The van der Waals surface area contributed by atoms with Crippen LogP contribution >= 0.6 is 0 Å². The van der Waals surface area contributed by atoms with E-state index in [1.807, 2.05) is 0 Å². The Bertz CT molecular complexity index is 5240. The molecule has 454 valence electrons. The molecule has 14 aromatic carbocycles. The van der Waals surface area contributed by atoms with Crippen molar-refractivity contribution >= 4 is 132 Å². The van der Waals surface area contributed by atoms with E-state index >= 15 is 0 Å². The van der Waals surface area contributed by atoms with Crippen molar-refractivity contribution in [1.29, 1.82) is 0 Å². The number of para-hydroxylation sites is 9. The number of anilines is 15. The van der Waals surface area contributed by atoms with Crippen LogP contribution in [0.15, 0.2) is 340 Å². The van der Waals surface area contributed by atoms with Crippen LogP contribution in [0, 0.1) is 0 Å². The van der Waals surface area contributed by atoms with E-state index in [1.54, 1.807) is 0 Å². The molecule has 0 atom stereocenters. The molecule has 8 heteroatoms. The molecular formula is C88H65B2N5O. The smallest absolute Gasteiger partial charge is 0.256 e. The summed E-state index contributed by atoms with van der Waals surface area (Å²) in [4.78, 5) is 12.5.